The van der Waals surface area contributed by atoms with E-state index in [0.717, 1.165) is 44.9 Å². The quantitative estimate of drug-likeness (QED) is 0.0341. The summed E-state index contributed by atoms with van der Waals surface area (Å²) in [7, 11) is -22.9. The molecule has 1 aliphatic carbocycles. The molecule has 8 atom stereocenters. The van der Waals surface area contributed by atoms with Crippen LogP contribution in [0, 0.1) is 0 Å². The normalized spacial score (nSPS) is 24.8. The van der Waals surface area contributed by atoms with Crippen molar-refractivity contribution in [2.75, 3.05) is 13.2 Å². The summed E-state index contributed by atoms with van der Waals surface area (Å²) in [5.41, 5.74) is 0. The van der Waals surface area contributed by atoms with E-state index < -0.39 is 99.2 Å². The molecule has 0 amide bonds. The number of aliphatic hydroxyl groups is 2. The molecule has 0 aliphatic heterocycles. The van der Waals surface area contributed by atoms with Crippen molar-refractivity contribution in [2.24, 2.45) is 0 Å². The van der Waals surface area contributed by atoms with E-state index in [9.17, 15) is 72.3 Å². The average molecular weight is 827 g/mol. The van der Waals surface area contributed by atoms with Crippen LogP contribution >= 0.6 is 31.3 Å². The van der Waals surface area contributed by atoms with Crippen molar-refractivity contribution in [3.63, 3.8) is 0 Å². The molecule has 0 saturated heterocycles. The molecule has 1 fully saturated rings. The van der Waals surface area contributed by atoms with Crippen molar-refractivity contribution < 1.29 is 104 Å². The number of esters is 2. The van der Waals surface area contributed by atoms with Crippen LogP contribution in [-0.2, 0) is 59.9 Å². The molecule has 1 saturated carbocycles. The molecule has 22 nitrogen and oxygen atoms in total. The second-order valence-electron chi connectivity index (χ2n) is 11.6. The fourth-order valence-corrected chi connectivity index (χ4v) is 7.50. The van der Waals surface area contributed by atoms with Gasteiger partial charge >= 0.3 is 43.2 Å². The van der Waals surface area contributed by atoms with Crippen molar-refractivity contribution in [3.05, 3.63) is 0 Å². The van der Waals surface area contributed by atoms with E-state index >= 15 is 0 Å². The van der Waals surface area contributed by atoms with Crippen molar-refractivity contribution in [1.82, 2.24) is 0 Å². The molecule has 9 N–H and O–H groups in total. The number of hydrogen-bond donors (Lipinski definition) is 9. The van der Waals surface area contributed by atoms with Crippen molar-refractivity contribution in [1.29, 1.82) is 0 Å². The summed E-state index contributed by atoms with van der Waals surface area (Å²) in [6, 6.07) is 0. The van der Waals surface area contributed by atoms with Gasteiger partial charge in [0.15, 0.2) is 6.10 Å². The number of aliphatic hydroxyl groups excluding tert-OH is 2. The highest BCUT2D eigenvalue weighted by Gasteiger charge is 2.59. The summed E-state index contributed by atoms with van der Waals surface area (Å²) >= 11 is 0. The second kappa shape index (κ2) is 22.6. The van der Waals surface area contributed by atoms with Gasteiger partial charge in [-0.1, -0.05) is 65.2 Å². The third-order valence-corrected chi connectivity index (χ3v) is 9.69. The lowest BCUT2D eigenvalue weighted by Crippen LogP contribution is -2.65. The molecule has 302 valence electrons. The summed E-state index contributed by atoms with van der Waals surface area (Å²) in [6.07, 6.45) is -9.83. The number of phosphoric acid groups is 4. The number of ether oxygens (including phenoxy) is 2. The highest BCUT2D eigenvalue weighted by atomic mass is 31.2. The van der Waals surface area contributed by atoms with Gasteiger partial charge in [0.25, 0.3) is 0 Å². The van der Waals surface area contributed by atoms with Crippen LogP contribution in [0.25, 0.3) is 0 Å². The molecule has 0 aromatic heterocycles. The maximum Gasteiger partial charge on any atom is 0.472 e. The molecule has 26 heteroatoms. The summed E-state index contributed by atoms with van der Waals surface area (Å²) in [5.74, 6) is -1.43. The van der Waals surface area contributed by atoms with E-state index in [1.807, 2.05) is 13.8 Å². The third-order valence-electron chi connectivity index (χ3n) is 7.15. The zero-order valence-electron chi connectivity index (χ0n) is 28.1. The van der Waals surface area contributed by atoms with Crippen LogP contribution in [0.1, 0.15) is 90.9 Å². The van der Waals surface area contributed by atoms with Crippen LogP contribution in [-0.4, -0.2) is 112 Å². The van der Waals surface area contributed by atoms with Crippen LogP contribution in [0.3, 0.4) is 0 Å². The Labute approximate surface area is 294 Å². The Kier molecular flexibility index (Phi) is 21.4. The molecule has 0 bridgehead atoms. The molecule has 0 aromatic rings. The maximum atomic E-state index is 13.0. The Morgan fingerprint density at radius 1 is 0.549 bits per heavy atom. The van der Waals surface area contributed by atoms with Gasteiger partial charge in [-0.3, -0.25) is 32.2 Å². The van der Waals surface area contributed by atoms with E-state index in [0.29, 0.717) is 19.3 Å². The summed E-state index contributed by atoms with van der Waals surface area (Å²) in [5, 5.41) is 21.5. The van der Waals surface area contributed by atoms with E-state index in [1.165, 1.54) is 0 Å². The van der Waals surface area contributed by atoms with Gasteiger partial charge in [0.1, 0.15) is 43.2 Å². The monoisotopic (exact) mass is 826 g/mol. The standard InChI is InChI=1S/C25H50O22P4/c1-3-5-7-9-11-13-18(26)41-15-17(43-19(27)14-12-10-8-6-4-2)16-42-51(39,40)47-22-20(28)23(44-48(30,31)32)25(46-50(36,37)38)24(21(22)29)45-49(33,34)35/h17,20-25,28-29H,3-16H2,1-2H3,(H,39,40)(H2,30,31,32)(H2,33,34,35)(H2,36,37,38)/t17-,20-,21-,22?,23-,24+,25?/m1/s1. The molecule has 0 spiro atoms. The molecule has 1 aliphatic rings. The van der Waals surface area contributed by atoms with E-state index in [2.05, 4.69) is 13.6 Å². The molecular formula is C25H50O22P4. The van der Waals surface area contributed by atoms with Gasteiger partial charge in [-0.15, -0.1) is 0 Å². The number of hydrogen-bond acceptors (Lipinski definition) is 15. The van der Waals surface area contributed by atoms with Crippen LogP contribution in [0.2, 0.25) is 0 Å². The van der Waals surface area contributed by atoms with Gasteiger partial charge in [-0.05, 0) is 12.8 Å². The molecule has 1 rings (SSSR count). The smallest absolute Gasteiger partial charge is 0.462 e. The molecular weight excluding hydrogens is 776 g/mol. The number of carbonyl (C=O) groups excluding carboxylic acids is 2. The molecule has 0 radical (unpaired) electrons. The Balaban J connectivity index is 3.19. The van der Waals surface area contributed by atoms with Crippen LogP contribution in [0.5, 0.6) is 0 Å². The highest BCUT2D eigenvalue weighted by Crippen LogP contribution is 2.53. The van der Waals surface area contributed by atoms with Gasteiger partial charge in [0.05, 0.1) is 6.61 Å². The van der Waals surface area contributed by atoms with Gasteiger partial charge in [-0.25, -0.2) is 18.3 Å². The predicted molar refractivity (Wildman–Crippen MR) is 171 cm³/mol. The number of phosphoric ester groups is 4. The van der Waals surface area contributed by atoms with Gasteiger partial charge in [0.2, 0.25) is 0 Å². The Hall–Kier alpha value is -0.700. The first kappa shape index (κ1) is 48.3. The molecule has 3 unspecified atom stereocenters. The predicted octanol–water partition coefficient (Wildman–Crippen LogP) is 1.83. The van der Waals surface area contributed by atoms with Gasteiger partial charge in [-0.2, -0.15) is 0 Å². The Morgan fingerprint density at radius 2 is 0.961 bits per heavy atom. The van der Waals surface area contributed by atoms with Crippen molar-refractivity contribution in [3.8, 4) is 0 Å². The zero-order valence-corrected chi connectivity index (χ0v) is 31.6. The van der Waals surface area contributed by atoms with E-state index in [1.54, 1.807) is 0 Å². The zero-order chi connectivity index (χ0) is 39.0. The molecule has 0 aromatic carbocycles. The fourth-order valence-electron chi connectivity index (χ4n) is 4.84. The minimum absolute atomic E-state index is 0.0319. The Morgan fingerprint density at radius 3 is 1.39 bits per heavy atom. The molecule has 0 heterocycles. The average Bonchev–Trinajstić information content (AvgIpc) is 2.99. The maximum absolute atomic E-state index is 13.0. The lowest BCUT2D eigenvalue weighted by molar-refractivity contribution is -0.209. The lowest BCUT2D eigenvalue weighted by Gasteiger charge is -2.45. The number of unbranched alkanes of at least 4 members (excludes halogenated alkanes) is 8. The van der Waals surface area contributed by atoms with Crippen molar-refractivity contribution in [2.45, 2.75) is 134 Å². The lowest BCUT2D eigenvalue weighted by atomic mass is 9.85. The van der Waals surface area contributed by atoms with E-state index in [-0.39, 0.29) is 12.8 Å². The number of carbonyl (C=O) groups is 2. The third kappa shape index (κ3) is 21.1. The van der Waals surface area contributed by atoms with Crippen molar-refractivity contribution >= 4 is 43.2 Å². The Bertz CT molecular complexity index is 1210. The fraction of sp³-hybridized carbons (Fsp3) is 0.920. The largest absolute Gasteiger partial charge is 0.472 e. The SMILES string of the molecule is CCCCCCCC(=O)OC[C@H](COP(=O)(O)OC1[C@@H](O)[C@H](OP(=O)(O)O)C(OP(=O)(O)O)[C@H](OP(=O)(O)O)[C@@H]1O)OC(=O)CCCCCCC. The molecule has 51 heavy (non-hydrogen) atoms. The minimum atomic E-state index is -5.76. The summed E-state index contributed by atoms with van der Waals surface area (Å²) in [6.45, 7) is 2.38. The van der Waals surface area contributed by atoms with Crippen LogP contribution < -0.4 is 0 Å². The number of rotatable bonds is 26. The topological polar surface area (TPSA) is 349 Å². The second-order valence-corrected chi connectivity index (χ2v) is 16.6. The van der Waals surface area contributed by atoms with Gasteiger partial charge in [0, 0.05) is 12.8 Å². The first-order chi connectivity index (χ1) is 23.5. The first-order valence-corrected chi connectivity index (χ1v) is 22.2. The van der Waals surface area contributed by atoms with E-state index in [4.69, 9.17) is 18.5 Å². The minimum Gasteiger partial charge on any atom is -0.462 e. The summed E-state index contributed by atoms with van der Waals surface area (Å²) < 4.78 is 80.7. The summed E-state index contributed by atoms with van der Waals surface area (Å²) in [4.78, 5) is 91.0. The van der Waals surface area contributed by atoms with Crippen LogP contribution in [0.4, 0.5) is 0 Å². The first-order valence-electron chi connectivity index (χ1n) is 16.1. The highest BCUT2D eigenvalue weighted by molar-refractivity contribution is 7.47. The van der Waals surface area contributed by atoms with Crippen LogP contribution in [0.15, 0.2) is 0 Å². The van der Waals surface area contributed by atoms with Gasteiger partial charge < -0.3 is 53.9 Å².